The van der Waals surface area contributed by atoms with Gasteiger partial charge < -0.3 is 4.74 Å². The lowest BCUT2D eigenvalue weighted by Crippen LogP contribution is -2.26. The predicted octanol–water partition coefficient (Wildman–Crippen LogP) is 5.52. The molecule has 0 amide bonds. The van der Waals surface area contributed by atoms with Crippen LogP contribution in [0.15, 0.2) is 35.2 Å². The van der Waals surface area contributed by atoms with Crippen molar-refractivity contribution in [3.05, 3.63) is 56.0 Å². The average molecular weight is 475 g/mol. The van der Waals surface area contributed by atoms with E-state index in [1.54, 1.807) is 18.2 Å². The van der Waals surface area contributed by atoms with Crippen LogP contribution in [0.4, 0.5) is 0 Å². The maximum atomic E-state index is 12.4. The third-order valence-corrected chi connectivity index (χ3v) is 7.54. The summed E-state index contributed by atoms with van der Waals surface area (Å²) in [6.07, 6.45) is 0. The molecule has 0 radical (unpaired) electrons. The van der Waals surface area contributed by atoms with Gasteiger partial charge in [-0.3, -0.25) is 0 Å². The average Bonchev–Trinajstić information content (AvgIpc) is 2.59. The Morgan fingerprint density at radius 2 is 1.69 bits per heavy atom. The molecular formula is C16H15Cl4NO3S2. The summed E-state index contributed by atoms with van der Waals surface area (Å²) in [5, 5.41) is 1.16. The lowest BCUT2D eigenvalue weighted by Gasteiger charge is -2.11. The van der Waals surface area contributed by atoms with Crippen LogP contribution in [-0.2, 0) is 15.8 Å². The highest BCUT2D eigenvalue weighted by atomic mass is 35.5. The van der Waals surface area contributed by atoms with Crippen molar-refractivity contribution in [1.82, 2.24) is 4.72 Å². The zero-order chi connectivity index (χ0) is 19.3. The van der Waals surface area contributed by atoms with E-state index >= 15 is 0 Å². The topological polar surface area (TPSA) is 55.4 Å². The molecule has 26 heavy (non-hydrogen) atoms. The smallest absolute Gasteiger partial charge is 0.242 e. The highest BCUT2D eigenvalue weighted by Crippen LogP contribution is 2.36. The molecule has 0 aromatic heterocycles. The lowest BCUT2D eigenvalue weighted by atomic mass is 10.2. The van der Waals surface area contributed by atoms with E-state index in [-0.39, 0.29) is 21.5 Å². The van der Waals surface area contributed by atoms with Crippen LogP contribution in [0.25, 0.3) is 0 Å². The van der Waals surface area contributed by atoms with E-state index < -0.39 is 10.0 Å². The van der Waals surface area contributed by atoms with Gasteiger partial charge in [0.15, 0.2) is 0 Å². The van der Waals surface area contributed by atoms with Crippen molar-refractivity contribution in [2.45, 2.75) is 10.6 Å². The summed E-state index contributed by atoms with van der Waals surface area (Å²) in [6, 6.07) is 8.11. The summed E-state index contributed by atoms with van der Waals surface area (Å²) in [5.74, 6) is 1.42. The highest BCUT2D eigenvalue weighted by Gasteiger charge is 2.21. The molecule has 0 unspecified atom stereocenters. The Morgan fingerprint density at radius 3 is 2.31 bits per heavy atom. The standard InChI is InChI=1S/C16H15Cl4NO3S2/c1-24-13-5-6-14(16(20)15(13)19)26(22,23)21-7-8-25-9-10-11(17)3-2-4-12(10)18/h2-6,21H,7-9H2,1H3. The van der Waals surface area contributed by atoms with Crippen LogP contribution in [-0.4, -0.2) is 27.8 Å². The summed E-state index contributed by atoms with van der Waals surface area (Å²) in [4.78, 5) is -0.0934. The normalized spacial score (nSPS) is 11.6. The molecule has 0 spiro atoms. The summed E-state index contributed by atoms with van der Waals surface area (Å²) >= 11 is 25.8. The number of hydrogen-bond acceptors (Lipinski definition) is 4. The summed E-state index contributed by atoms with van der Waals surface area (Å²) in [6.45, 7) is 0.217. The van der Waals surface area contributed by atoms with Crippen molar-refractivity contribution in [1.29, 1.82) is 0 Å². The van der Waals surface area contributed by atoms with Gasteiger partial charge in [0.05, 0.1) is 12.1 Å². The Bertz CT molecular complexity index is 871. The van der Waals surface area contributed by atoms with Crippen molar-refractivity contribution in [3.8, 4) is 5.75 Å². The Balaban J connectivity index is 1.94. The molecule has 2 rings (SSSR count). The van der Waals surface area contributed by atoms with Crippen molar-refractivity contribution in [2.75, 3.05) is 19.4 Å². The second-order valence-corrected chi connectivity index (χ2v) is 9.46. The Morgan fingerprint density at radius 1 is 1.04 bits per heavy atom. The van der Waals surface area contributed by atoms with Crippen molar-refractivity contribution in [3.63, 3.8) is 0 Å². The summed E-state index contributed by atoms with van der Waals surface area (Å²) in [5.41, 5.74) is 0.827. The van der Waals surface area contributed by atoms with Crippen LogP contribution >= 0.6 is 58.2 Å². The van der Waals surface area contributed by atoms with Crippen LogP contribution in [0.1, 0.15) is 5.56 Å². The molecule has 0 heterocycles. The zero-order valence-electron chi connectivity index (χ0n) is 13.6. The van der Waals surface area contributed by atoms with Gasteiger partial charge in [0, 0.05) is 28.1 Å². The van der Waals surface area contributed by atoms with Gasteiger partial charge >= 0.3 is 0 Å². The molecule has 0 saturated heterocycles. The minimum Gasteiger partial charge on any atom is -0.495 e. The monoisotopic (exact) mass is 473 g/mol. The van der Waals surface area contributed by atoms with Gasteiger partial charge in [-0.1, -0.05) is 52.5 Å². The van der Waals surface area contributed by atoms with E-state index in [0.29, 0.717) is 27.3 Å². The van der Waals surface area contributed by atoms with Crippen molar-refractivity contribution >= 4 is 68.2 Å². The number of nitrogens with one attached hydrogen (secondary N) is 1. The van der Waals surface area contributed by atoms with Crippen LogP contribution in [0, 0.1) is 0 Å². The Labute approximate surface area is 177 Å². The SMILES string of the molecule is COc1ccc(S(=O)(=O)NCCSCc2c(Cl)cccc2Cl)c(Cl)c1Cl. The second-order valence-electron chi connectivity index (χ2n) is 5.04. The van der Waals surface area contributed by atoms with Crippen molar-refractivity contribution < 1.29 is 13.2 Å². The number of ether oxygens (including phenoxy) is 1. The van der Waals surface area contributed by atoms with Gasteiger partial charge in [-0.25, -0.2) is 13.1 Å². The van der Waals surface area contributed by atoms with Gasteiger partial charge in [-0.2, -0.15) is 11.8 Å². The number of rotatable bonds is 8. The second kappa shape index (κ2) is 9.73. The fourth-order valence-corrected chi connectivity index (χ4v) is 5.64. The van der Waals surface area contributed by atoms with Gasteiger partial charge in [-0.15, -0.1) is 0 Å². The molecule has 0 atom stereocenters. The number of methoxy groups -OCH3 is 1. The Hall–Kier alpha value is -0.340. The first-order valence-electron chi connectivity index (χ1n) is 7.30. The van der Waals surface area contributed by atoms with E-state index in [1.807, 2.05) is 0 Å². The third-order valence-electron chi connectivity index (χ3n) is 3.37. The number of halogens is 4. The molecule has 1 N–H and O–H groups in total. The molecule has 0 aliphatic rings. The molecule has 0 fully saturated rings. The quantitative estimate of drug-likeness (QED) is 0.511. The van der Waals surface area contributed by atoms with Crippen LogP contribution in [0.2, 0.25) is 20.1 Å². The first kappa shape index (κ1) is 22.0. The maximum absolute atomic E-state index is 12.4. The van der Waals surface area contributed by atoms with Crippen molar-refractivity contribution in [2.24, 2.45) is 0 Å². The number of hydrogen-bond donors (Lipinski definition) is 1. The van der Waals surface area contributed by atoms with Gasteiger partial charge in [0.1, 0.15) is 15.7 Å². The fraction of sp³-hybridized carbons (Fsp3) is 0.250. The largest absolute Gasteiger partial charge is 0.495 e. The maximum Gasteiger partial charge on any atom is 0.242 e. The molecule has 2 aromatic rings. The lowest BCUT2D eigenvalue weighted by molar-refractivity contribution is 0.414. The first-order chi connectivity index (χ1) is 12.3. The van der Waals surface area contributed by atoms with E-state index in [2.05, 4.69) is 4.72 Å². The molecule has 0 aliphatic carbocycles. The predicted molar refractivity (Wildman–Crippen MR) is 111 cm³/mol. The van der Waals surface area contributed by atoms with E-state index in [4.69, 9.17) is 51.1 Å². The number of sulfonamides is 1. The molecule has 142 valence electrons. The van der Waals surface area contributed by atoms with Gasteiger partial charge in [0.2, 0.25) is 10.0 Å². The molecular weight excluding hydrogens is 460 g/mol. The molecule has 4 nitrogen and oxygen atoms in total. The third kappa shape index (κ3) is 5.35. The van der Waals surface area contributed by atoms with Crippen LogP contribution in [0.3, 0.4) is 0 Å². The molecule has 2 aromatic carbocycles. The fourth-order valence-electron chi connectivity index (χ4n) is 2.05. The molecule has 0 saturated carbocycles. The van der Waals surface area contributed by atoms with E-state index in [0.717, 1.165) is 5.56 Å². The van der Waals surface area contributed by atoms with Gasteiger partial charge in [0.25, 0.3) is 0 Å². The van der Waals surface area contributed by atoms with Crippen LogP contribution in [0.5, 0.6) is 5.75 Å². The minimum absolute atomic E-state index is 0.0554. The highest BCUT2D eigenvalue weighted by molar-refractivity contribution is 7.98. The first-order valence-corrected chi connectivity index (χ1v) is 11.4. The molecule has 0 aliphatic heterocycles. The van der Waals surface area contributed by atoms with Gasteiger partial charge in [-0.05, 0) is 29.8 Å². The summed E-state index contributed by atoms with van der Waals surface area (Å²) < 4.78 is 32.3. The molecule has 10 heteroatoms. The molecule has 0 bridgehead atoms. The van der Waals surface area contributed by atoms with Crippen LogP contribution < -0.4 is 9.46 Å². The van der Waals surface area contributed by atoms with E-state index in [1.165, 1.54) is 31.0 Å². The Kier molecular flexibility index (Phi) is 8.22. The summed E-state index contributed by atoms with van der Waals surface area (Å²) in [7, 11) is -2.36. The minimum atomic E-state index is -3.79. The number of thioether (sulfide) groups is 1. The number of benzene rings is 2. The van der Waals surface area contributed by atoms with E-state index in [9.17, 15) is 8.42 Å². The zero-order valence-corrected chi connectivity index (χ0v) is 18.2.